The molecule has 0 bridgehead atoms. The standard InChI is InChI=1S/C13H26N2O/c1-10-7-14-13(3,4)9-15(10)8-12-5-6-16-11(12)2/h10-12,14H,5-9H2,1-4H3. The average Bonchev–Trinajstić information content (AvgIpc) is 2.58. The molecule has 3 atom stereocenters. The molecule has 0 spiro atoms. The van der Waals surface area contributed by atoms with E-state index in [0.29, 0.717) is 12.1 Å². The van der Waals surface area contributed by atoms with Crippen LogP contribution in [0.1, 0.15) is 34.1 Å². The van der Waals surface area contributed by atoms with E-state index in [1.54, 1.807) is 0 Å². The molecular weight excluding hydrogens is 200 g/mol. The van der Waals surface area contributed by atoms with E-state index in [2.05, 4.69) is 37.9 Å². The topological polar surface area (TPSA) is 24.5 Å². The van der Waals surface area contributed by atoms with Crippen molar-refractivity contribution in [3.8, 4) is 0 Å². The lowest BCUT2D eigenvalue weighted by Crippen LogP contribution is -2.61. The average molecular weight is 226 g/mol. The number of rotatable bonds is 2. The summed E-state index contributed by atoms with van der Waals surface area (Å²) >= 11 is 0. The van der Waals surface area contributed by atoms with Gasteiger partial charge in [0.15, 0.2) is 0 Å². The fraction of sp³-hybridized carbons (Fsp3) is 1.00. The quantitative estimate of drug-likeness (QED) is 0.772. The Bertz CT molecular complexity index is 242. The van der Waals surface area contributed by atoms with Gasteiger partial charge >= 0.3 is 0 Å². The van der Waals surface area contributed by atoms with Crippen molar-refractivity contribution in [1.82, 2.24) is 10.2 Å². The minimum absolute atomic E-state index is 0.259. The van der Waals surface area contributed by atoms with Gasteiger partial charge < -0.3 is 10.1 Å². The molecule has 3 heteroatoms. The third kappa shape index (κ3) is 2.76. The lowest BCUT2D eigenvalue weighted by molar-refractivity contribution is 0.0579. The zero-order chi connectivity index (χ0) is 11.8. The van der Waals surface area contributed by atoms with E-state index in [9.17, 15) is 0 Å². The van der Waals surface area contributed by atoms with Crippen LogP contribution in [0.25, 0.3) is 0 Å². The monoisotopic (exact) mass is 226 g/mol. The van der Waals surface area contributed by atoms with E-state index < -0.39 is 0 Å². The predicted octanol–water partition coefficient (Wildman–Crippen LogP) is 1.48. The second kappa shape index (κ2) is 4.63. The molecule has 94 valence electrons. The molecule has 0 aromatic heterocycles. The Labute approximate surface area is 99.5 Å². The molecule has 2 heterocycles. The largest absolute Gasteiger partial charge is 0.378 e. The molecule has 0 saturated carbocycles. The van der Waals surface area contributed by atoms with Gasteiger partial charge in [0.25, 0.3) is 0 Å². The van der Waals surface area contributed by atoms with E-state index in [1.807, 2.05) is 0 Å². The minimum Gasteiger partial charge on any atom is -0.378 e. The molecule has 2 aliphatic rings. The first kappa shape index (κ1) is 12.3. The SMILES string of the molecule is CC1OCCC1CN1CC(C)(C)NCC1C. The summed E-state index contributed by atoms with van der Waals surface area (Å²) in [5.41, 5.74) is 0.259. The Morgan fingerprint density at radius 3 is 2.75 bits per heavy atom. The summed E-state index contributed by atoms with van der Waals surface area (Å²) < 4.78 is 5.65. The van der Waals surface area contributed by atoms with Crippen LogP contribution >= 0.6 is 0 Å². The first-order valence-corrected chi connectivity index (χ1v) is 6.58. The van der Waals surface area contributed by atoms with Gasteiger partial charge in [-0.2, -0.15) is 0 Å². The van der Waals surface area contributed by atoms with Gasteiger partial charge in [-0.15, -0.1) is 0 Å². The van der Waals surface area contributed by atoms with Crippen LogP contribution in [-0.2, 0) is 4.74 Å². The summed E-state index contributed by atoms with van der Waals surface area (Å²) in [5, 5.41) is 3.60. The molecule has 16 heavy (non-hydrogen) atoms. The van der Waals surface area contributed by atoms with Gasteiger partial charge in [0, 0.05) is 37.8 Å². The van der Waals surface area contributed by atoms with E-state index in [4.69, 9.17) is 4.74 Å². The van der Waals surface area contributed by atoms with Crippen molar-refractivity contribution in [1.29, 1.82) is 0 Å². The van der Waals surface area contributed by atoms with Crippen LogP contribution in [0, 0.1) is 5.92 Å². The second-order valence-electron chi connectivity index (χ2n) is 6.17. The smallest absolute Gasteiger partial charge is 0.0588 e. The van der Waals surface area contributed by atoms with Crippen molar-refractivity contribution in [2.45, 2.75) is 51.8 Å². The highest BCUT2D eigenvalue weighted by Crippen LogP contribution is 2.24. The zero-order valence-corrected chi connectivity index (χ0v) is 11.1. The van der Waals surface area contributed by atoms with Gasteiger partial charge in [-0.25, -0.2) is 0 Å². The van der Waals surface area contributed by atoms with Crippen LogP contribution in [0.3, 0.4) is 0 Å². The summed E-state index contributed by atoms with van der Waals surface area (Å²) in [6.45, 7) is 13.5. The zero-order valence-electron chi connectivity index (χ0n) is 11.1. The van der Waals surface area contributed by atoms with Gasteiger partial charge in [0.1, 0.15) is 0 Å². The molecular formula is C13H26N2O. The Morgan fingerprint density at radius 2 is 2.12 bits per heavy atom. The van der Waals surface area contributed by atoms with Crippen molar-refractivity contribution in [2.75, 3.05) is 26.2 Å². The Morgan fingerprint density at radius 1 is 1.38 bits per heavy atom. The van der Waals surface area contributed by atoms with E-state index in [1.165, 1.54) is 13.0 Å². The first-order chi connectivity index (χ1) is 7.48. The van der Waals surface area contributed by atoms with Crippen molar-refractivity contribution in [3.63, 3.8) is 0 Å². The van der Waals surface area contributed by atoms with Crippen LogP contribution in [0.2, 0.25) is 0 Å². The van der Waals surface area contributed by atoms with Gasteiger partial charge in [0.2, 0.25) is 0 Å². The molecule has 2 saturated heterocycles. The van der Waals surface area contributed by atoms with E-state index in [-0.39, 0.29) is 5.54 Å². The molecule has 0 aliphatic carbocycles. The van der Waals surface area contributed by atoms with Gasteiger partial charge in [-0.3, -0.25) is 4.90 Å². The normalized spacial score (nSPS) is 40.1. The van der Waals surface area contributed by atoms with E-state index in [0.717, 1.165) is 25.6 Å². The molecule has 0 aromatic rings. The van der Waals surface area contributed by atoms with Crippen LogP contribution in [0.5, 0.6) is 0 Å². The van der Waals surface area contributed by atoms with Crippen LogP contribution in [0.15, 0.2) is 0 Å². The molecule has 2 fully saturated rings. The molecule has 2 rings (SSSR count). The highest BCUT2D eigenvalue weighted by atomic mass is 16.5. The molecule has 0 radical (unpaired) electrons. The molecule has 2 aliphatic heterocycles. The van der Waals surface area contributed by atoms with Crippen LogP contribution in [-0.4, -0.2) is 48.8 Å². The lowest BCUT2D eigenvalue weighted by atomic mass is 9.95. The summed E-state index contributed by atoms with van der Waals surface area (Å²) in [6, 6.07) is 0.654. The number of nitrogens with zero attached hydrogens (tertiary/aromatic N) is 1. The van der Waals surface area contributed by atoms with Crippen LogP contribution in [0.4, 0.5) is 0 Å². The first-order valence-electron chi connectivity index (χ1n) is 6.58. The fourth-order valence-corrected chi connectivity index (χ4v) is 2.83. The maximum absolute atomic E-state index is 5.65. The van der Waals surface area contributed by atoms with Crippen molar-refractivity contribution in [3.05, 3.63) is 0 Å². The summed E-state index contributed by atoms with van der Waals surface area (Å²) in [4.78, 5) is 2.63. The molecule has 0 aromatic carbocycles. The molecule has 3 nitrogen and oxygen atoms in total. The number of ether oxygens (including phenoxy) is 1. The highest BCUT2D eigenvalue weighted by molar-refractivity contribution is 4.92. The van der Waals surface area contributed by atoms with Gasteiger partial charge in [-0.05, 0) is 40.0 Å². The number of piperazine rings is 1. The molecule has 0 amide bonds. The minimum atomic E-state index is 0.259. The Balaban J connectivity index is 1.92. The summed E-state index contributed by atoms with van der Waals surface area (Å²) in [6.07, 6.45) is 1.68. The van der Waals surface area contributed by atoms with Gasteiger partial charge in [0.05, 0.1) is 6.10 Å². The number of nitrogens with one attached hydrogen (secondary N) is 1. The van der Waals surface area contributed by atoms with Crippen molar-refractivity contribution < 1.29 is 4.74 Å². The third-order valence-corrected chi connectivity index (χ3v) is 4.10. The van der Waals surface area contributed by atoms with Crippen LogP contribution < -0.4 is 5.32 Å². The third-order valence-electron chi connectivity index (χ3n) is 4.10. The number of hydrogen-bond donors (Lipinski definition) is 1. The van der Waals surface area contributed by atoms with Gasteiger partial charge in [-0.1, -0.05) is 0 Å². The summed E-state index contributed by atoms with van der Waals surface area (Å²) in [7, 11) is 0. The second-order valence-corrected chi connectivity index (χ2v) is 6.17. The lowest BCUT2D eigenvalue weighted by Gasteiger charge is -2.44. The maximum Gasteiger partial charge on any atom is 0.0588 e. The van der Waals surface area contributed by atoms with Crippen molar-refractivity contribution >= 4 is 0 Å². The van der Waals surface area contributed by atoms with E-state index >= 15 is 0 Å². The number of hydrogen-bond acceptors (Lipinski definition) is 3. The Kier molecular flexibility index (Phi) is 3.57. The summed E-state index contributed by atoms with van der Waals surface area (Å²) in [5.74, 6) is 0.733. The van der Waals surface area contributed by atoms with Crippen molar-refractivity contribution in [2.24, 2.45) is 5.92 Å². The molecule has 1 N–H and O–H groups in total. The Hall–Kier alpha value is -0.120. The molecule has 3 unspecified atom stereocenters. The fourth-order valence-electron chi connectivity index (χ4n) is 2.83. The maximum atomic E-state index is 5.65. The highest BCUT2D eigenvalue weighted by Gasteiger charge is 2.33. The predicted molar refractivity (Wildman–Crippen MR) is 66.6 cm³/mol.